The zero-order chi connectivity index (χ0) is 22.8. The van der Waals surface area contributed by atoms with E-state index in [-0.39, 0.29) is 17.6 Å². The van der Waals surface area contributed by atoms with Gasteiger partial charge in [-0.3, -0.25) is 0 Å². The van der Waals surface area contributed by atoms with Crippen molar-refractivity contribution in [1.82, 2.24) is 9.88 Å². The number of fused-ring (bicyclic) bond motifs is 1. The normalized spacial score (nSPS) is 15.5. The third-order valence-corrected chi connectivity index (χ3v) is 7.60. The van der Waals surface area contributed by atoms with E-state index in [1.165, 1.54) is 41.2 Å². The lowest BCUT2D eigenvalue weighted by Crippen LogP contribution is -2.37. The van der Waals surface area contributed by atoms with Gasteiger partial charge in [-0.2, -0.15) is 0 Å². The van der Waals surface area contributed by atoms with Crippen molar-refractivity contribution in [2.24, 2.45) is 5.92 Å². The minimum Gasteiger partial charge on any atom is -0.375 e. The Hall–Kier alpha value is -2.83. The van der Waals surface area contributed by atoms with Crippen LogP contribution in [0.5, 0.6) is 0 Å². The standard InChI is InChI=1S/C27H27F2N3S/c28-22-6-2-19(3-7-22)26(20-4-8-23(29)9-5-20)21-12-15-32(16-13-21)14-11-18-1-10-24-25(17-18)33-27(30)31-24/h1-10,17,21,26H,11-16H2,(H2,30,31). The van der Waals surface area contributed by atoms with E-state index in [2.05, 4.69) is 28.1 Å². The predicted molar refractivity (Wildman–Crippen MR) is 132 cm³/mol. The van der Waals surface area contributed by atoms with Gasteiger partial charge in [0.15, 0.2) is 5.13 Å². The first-order valence-corrected chi connectivity index (χ1v) is 12.2. The number of halogens is 2. The summed E-state index contributed by atoms with van der Waals surface area (Å²) in [5.41, 5.74) is 10.3. The maximum absolute atomic E-state index is 13.5. The van der Waals surface area contributed by atoms with Crippen LogP contribution in [0.1, 0.15) is 35.4 Å². The summed E-state index contributed by atoms with van der Waals surface area (Å²) in [6.45, 7) is 3.07. The van der Waals surface area contributed by atoms with Gasteiger partial charge >= 0.3 is 0 Å². The SMILES string of the molecule is Nc1nc2ccc(CCN3CCC(C(c4ccc(F)cc4)c4ccc(F)cc4)CC3)cc2s1. The number of hydrogen-bond acceptors (Lipinski definition) is 4. The Labute approximate surface area is 196 Å². The van der Waals surface area contributed by atoms with Gasteiger partial charge in [0.05, 0.1) is 10.2 Å². The van der Waals surface area contributed by atoms with E-state index >= 15 is 0 Å². The molecule has 1 aliphatic rings. The first-order valence-electron chi connectivity index (χ1n) is 11.4. The summed E-state index contributed by atoms with van der Waals surface area (Å²) in [6, 6.07) is 20.0. The molecule has 1 saturated heterocycles. The lowest BCUT2D eigenvalue weighted by atomic mass is 9.76. The van der Waals surface area contributed by atoms with Gasteiger partial charge in [0.2, 0.25) is 0 Å². The molecule has 1 aliphatic heterocycles. The molecule has 4 aromatic rings. The Morgan fingerprint density at radius 3 is 2.12 bits per heavy atom. The Morgan fingerprint density at radius 2 is 1.52 bits per heavy atom. The monoisotopic (exact) mass is 463 g/mol. The topological polar surface area (TPSA) is 42.1 Å². The minimum atomic E-state index is -0.231. The second-order valence-corrected chi connectivity index (χ2v) is 9.93. The fraction of sp³-hybridized carbons (Fsp3) is 0.296. The van der Waals surface area contributed by atoms with Gasteiger partial charge in [0.25, 0.3) is 0 Å². The van der Waals surface area contributed by atoms with Crippen molar-refractivity contribution in [3.05, 3.63) is 95.1 Å². The molecule has 0 spiro atoms. The number of piperidine rings is 1. The van der Waals surface area contributed by atoms with Gasteiger partial charge in [-0.1, -0.05) is 41.7 Å². The van der Waals surface area contributed by atoms with Gasteiger partial charge < -0.3 is 10.6 Å². The molecule has 6 heteroatoms. The van der Waals surface area contributed by atoms with E-state index in [0.717, 1.165) is 60.2 Å². The van der Waals surface area contributed by atoms with Crippen LogP contribution in [-0.2, 0) is 6.42 Å². The van der Waals surface area contributed by atoms with E-state index in [0.29, 0.717) is 11.0 Å². The van der Waals surface area contributed by atoms with E-state index in [4.69, 9.17) is 5.73 Å². The van der Waals surface area contributed by atoms with Crippen LogP contribution in [0.4, 0.5) is 13.9 Å². The zero-order valence-electron chi connectivity index (χ0n) is 18.4. The van der Waals surface area contributed by atoms with Gasteiger partial charge in [-0.05, 0) is 91.4 Å². The molecule has 0 amide bonds. The van der Waals surface area contributed by atoms with Gasteiger partial charge in [0, 0.05) is 12.5 Å². The molecule has 33 heavy (non-hydrogen) atoms. The molecule has 2 N–H and O–H groups in total. The maximum Gasteiger partial charge on any atom is 0.181 e. The molecular weight excluding hydrogens is 436 g/mol. The van der Waals surface area contributed by atoms with E-state index in [1.807, 2.05) is 24.3 Å². The zero-order valence-corrected chi connectivity index (χ0v) is 19.2. The molecule has 0 bridgehead atoms. The second-order valence-electron chi connectivity index (χ2n) is 8.86. The van der Waals surface area contributed by atoms with Crippen LogP contribution < -0.4 is 5.73 Å². The minimum absolute atomic E-state index is 0.146. The number of anilines is 1. The highest BCUT2D eigenvalue weighted by Crippen LogP contribution is 2.38. The summed E-state index contributed by atoms with van der Waals surface area (Å²) in [5.74, 6) is 0.123. The fourth-order valence-corrected chi connectivity index (χ4v) is 5.81. The van der Waals surface area contributed by atoms with E-state index in [9.17, 15) is 8.78 Å². The molecule has 2 heterocycles. The van der Waals surface area contributed by atoms with Crippen LogP contribution in [0, 0.1) is 17.6 Å². The summed E-state index contributed by atoms with van der Waals surface area (Å²) in [4.78, 5) is 6.85. The highest BCUT2D eigenvalue weighted by Gasteiger charge is 2.29. The molecule has 5 rings (SSSR count). The number of thiazole rings is 1. The molecular formula is C27H27F2N3S. The first kappa shape index (κ1) is 22.0. The summed E-state index contributed by atoms with van der Waals surface area (Å²) in [6.07, 6.45) is 3.12. The Bertz CT molecular complexity index is 1170. The van der Waals surface area contributed by atoms with E-state index < -0.39 is 0 Å². The van der Waals surface area contributed by atoms with Gasteiger partial charge in [-0.15, -0.1) is 0 Å². The third kappa shape index (κ3) is 5.07. The summed E-state index contributed by atoms with van der Waals surface area (Å²) >= 11 is 1.53. The number of likely N-dealkylation sites (tertiary alicyclic amines) is 1. The van der Waals surface area contributed by atoms with Crippen LogP contribution in [0.3, 0.4) is 0 Å². The number of rotatable bonds is 6. The number of hydrogen-bond donors (Lipinski definition) is 1. The van der Waals surface area contributed by atoms with Crippen molar-refractivity contribution >= 4 is 26.7 Å². The highest BCUT2D eigenvalue weighted by atomic mass is 32.1. The highest BCUT2D eigenvalue weighted by molar-refractivity contribution is 7.22. The van der Waals surface area contributed by atoms with Crippen molar-refractivity contribution in [1.29, 1.82) is 0 Å². The van der Waals surface area contributed by atoms with E-state index in [1.54, 1.807) is 0 Å². The van der Waals surface area contributed by atoms with Crippen LogP contribution in [0.25, 0.3) is 10.2 Å². The quantitative estimate of drug-likeness (QED) is 0.368. The van der Waals surface area contributed by atoms with Crippen molar-refractivity contribution in [3.8, 4) is 0 Å². The lowest BCUT2D eigenvalue weighted by Gasteiger charge is -2.36. The number of nitrogens with two attached hydrogens (primary N) is 1. The molecule has 1 aromatic heterocycles. The number of nitrogen functional groups attached to an aromatic ring is 1. The Balaban J connectivity index is 1.25. The molecule has 170 valence electrons. The molecule has 0 saturated carbocycles. The van der Waals surface area contributed by atoms with Crippen LogP contribution in [-0.4, -0.2) is 29.5 Å². The Kier molecular flexibility index (Phi) is 6.38. The molecule has 0 radical (unpaired) electrons. The molecule has 0 unspecified atom stereocenters. The number of aromatic nitrogens is 1. The first-order chi connectivity index (χ1) is 16.0. The fourth-order valence-electron chi connectivity index (χ4n) is 5.02. The lowest BCUT2D eigenvalue weighted by molar-refractivity contribution is 0.177. The smallest absolute Gasteiger partial charge is 0.181 e. The molecule has 1 fully saturated rings. The van der Waals surface area contributed by atoms with Crippen LogP contribution in [0.2, 0.25) is 0 Å². The van der Waals surface area contributed by atoms with Gasteiger partial charge in [0.1, 0.15) is 11.6 Å². The van der Waals surface area contributed by atoms with Crippen molar-refractivity contribution < 1.29 is 8.78 Å². The summed E-state index contributed by atoms with van der Waals surface area (Å²) in [7, 11) is 0. The molecule has 3 aromatic carbocycles. The number of nitrogens with zero attached hydrogens (tertiary/aromatic N) is 2. The van der Waals surface area contributed by atoms with Gasteiger partial charge in [-0.25, -0.2) is 13.8 Å². The summed E-state index contributed by atoms with van der Waals surface area (Å²) < 4.78 is 28.2. The second kappa shape index (κ2) is 9.57. The Morgan fingerprint density at radius 1 is 0.909 bits per heavy atom. The van der Waals surface area contributed by atoms with Crippen molar-refractivity contribution in [2.75, 3.05) is 25.4 Å². The third-order valence-electron chi connectivity index (χ3n) is 6.75. The predicted octanol–water partition coefficient (Wildman–Crippen LogP) is 6.24. The molecule has 0 aliphatic carbocycles. The molecule has 0 atom stereocenters. The van der Waals surface area contributed by atoms with Crippen molar-refractivity contribution in [3.63, 3.8) is 0 Å². The average molecular weight is 464 g/mol. The largest absolute Gasteiger partial charge is 0.375 e. The number of benzene rings is 3. The maximum atomic E-state index is 13.5. The van der Waals surface area contributed by atoms with Crippen LogP contribution in [0.15, 0.2) is 66.7 Å². The average Bonchev–Trinajstić information content (AvgIpc) is 3.20. The molecule has 3 nitrogen and oxygen atoms in total. The van der Waals surface area contributed by atoms with Crippen LogP contribution >= 0.6 is 11.3 Å². The summed E-state index contributed by atoms with van der Waals surface area (Å²) in [5, 5.41) is 0.612. The van der Waals surface area contributed by atoms with Crippen molar-refractivity contribution in [2.45, 2.75) is 25.2 Å².